The van der Waals surface area contributed by atoms with Gasteiger partial charge in [-0.15, -0.1) is 0 Å². The molecule has 0 amide bonds. The van der Waals surface area contributed by atoms with Crippen molar-refractivity contribution in [3.63, 3.8) is 0 Å². The van der Waals surface area contributed by atoms with Crippen molar-refractivity contribution in [3.05, 3.63) is 35.4 Å². The molecule has 1 aliphatic rings. The maximum Gasteiger partial charge on any atom is 0.317 e. The fraction of sp³-hybridized carbons (Fsp3) is 0.467. The number of ketones is 1. The quantitative estimate of drug-likeness (QED) is 0.658. The number of carbonyl (C=O) groups is 2. The number of rotatable bonds is 3. The van der Waals surface area contributed by atoms with Gasteiger partial charge in [-0.25, -0.2) is 0 Å². The van der Waals surface area contributed by atoms with Crippen molar-refractivity contribution >= 4 is 11.8 Å². The molecule has 0 spiro atoms. The van der Waals surface area contributed by atoms with E-state index in [1.54, 1.807) is 12.1 Å². The molecule has 0 heterocycles. The van der Waals surface area contributed by atoms with Gasteiger partial charge in [0.1, 0.15) is 5.41 Å². The molecule has 96 valence electrons. The van der Waals surface area contributed by atoms with Gasteiger partial charge in [0.05, 0.1) is 0 Å². The summed E-state index contributed by atoms with van der Waals surface area (Å²) in [5.74, 6) is -1.25. The highest BCUT2D eigenvalue weighted by atomic mass is 16.4. The fourth-order valence-corrected chi connectivity index (χ4v) is 2.06. The number of carbonyl (C=O) groups excluding carboxylic acids is 1. The summed E-state index contributed by atoms with van der Waals surface area (Å²) in [6.07, 6.45) is 0.921. The number of Topliss-reactive ketones (excluding diaryl/α,β-unsaturated/α-hetero) is 1. The van der Waals surface area contributed by atoms with Gasteiger partial charge in [0.15, 0.2) is 5.78 Å². The maximum atomic E-state index is 12.2. The van der Waals surface area contributed by atoms with E-state index >= 15 is 0 Å². The van der Waals surface area contributed by atoms with Gasteiger partial charge in [0.25, 0.3) is 0 Å². The molecule has 0 radical (unpaired) electrons. The van der Waals surface area contributed by atoms with E-state index in [-0.39, 0.29) is 11.2 Å². The van der Waals surface area contributed by atoms with Gasteiger partial charge in [-0.1, -0.05) is 45.0 Å². The van der Waals surface area contributed by atoms with Crippen LogP contribution in [0.1, 0.15) is 49.5 Å². The van der Waals surface area contributed by atoms with E-state index in [1.165, 1.54) is 0 Å². The van der Waals surface area contributed by atoms with Crippen LogP contribution >= 0.6 is 0 Å². The Morgan fingerprint density at radius 3 is 1.94 bits per heavy atom. The first-order valence-electron chi connectivity index (χ1n) is 6.16. The van der Waals surface area contributed by atoms with Gasteiger partial charge in [0.2, 0.25) is 0 Å². The second kappa shape index (κ2) is 3.94. The molecule has 2 rings (SSSR count). The molecule has 0 saturated heterocycles. The summed E-state index contributed by atoms with van der Waals surface area (Å²) in [4.78, 5) is 23.3. The number of hydrogen-bond donors (Lipinski definition) is 1. The predicted molar refractivity (Wildman–Crippen MR) is 68.8 cm³/mol. The largest absolute Gasteiger partial charge is 0.480 e. The van der Waals surface area contributed by atoms with E-state index in [0.29, 0.717) is 18.4 Å². The maximum absolute atomic E-state index is 12.2. The molecule has 3 nitrogen and oxygen atoms in total. The number of aliphatic carboxylic acids is 1. The van der Waals surface area contributed by atoms with Crippen LogP contribution in [0.25, 0.3) is 0 Å². The van der Waals surface area contributed by atoms with Gasteiger partial charge in [-0.05, 0) is 23.8 Å². The van der Waals surface area contributed by atoms with Crippen LogP contribution in [0.15, 0.2) is 24.3 Å². The van der Waals surface area contributed by atoms with Gasteiger partial charge < -0.3 is 5.11 Å². The smallest absolute Gasteiger partial charge is 0.317 e. The van der Waals surface area contributed by atoms with E-state index in [2.05, 4.69) is 20.8 Å². The summed E-state index contributed by atoms with van der Waals surface area (Å²) in [6.45, 7) is 6.30. The molecule has 1 saturated carbocycles. The van der Waals surface area contributed by atoms with Gasteiger partial charge in [-0.3, -0.25) is 9.59 Å². The molecule has 0 bridgehead atoms. The predicted octanol–water partition coefficient (Wildman–Crippen LogP) is 3.03. The van der Waals surface area contributed by atoms with Crippen molar-refractivity contribution in [2.45, 2.75) is 39.0 Å². The first kappa shape index (κ1) is 12.8. The molecule has 0 unspecified atom stereocenters. The normalized spacial score (nSPS) is 17.3. The van der Waals surface area contributed by atoms with Crippen LogP contribution in [-0.4, -0.2) is 16.9 Å². The topological polar surface area (TPSA) is 54.4 Å². The highest BCUT2D eigenvalue weighted by Gasteiger charge is 2.56. The molecule has 1 fully saturated rings. The Hall–Kier alpha value is -1.64. The number of benzene rings is 1. The molecule has 1 aromatic carbocycles. The molecule has 0 atom stereocenters. The van der Waals surface area contributed by atoms with Gasteiger partial charge in [0, 0.05) is 5.56 Å². The lowest BCUT2D eigenvalue weighted by molar-refractivity contribution is -0.141. The van der Waals surface area contributed by atoms with E-state index in [4.69, 9.17) is 5.11 Å². The third-order valence-corrected chi connectivity index (χ3v) is 3.61. The number of hydrogen-bond acceptors (Lipinski definition) is 2. The lowest BCUT2D eigenvalue weighted by Gasteiger charge is -2.19. The highest BCUT2D eigenvalue weighted by molar-refractivity contribution is 6.14. The third-order valence-electron chi connectivity index (χ3n) is 3.61. The van der Waals surface area contributed by atoms with Crippen LogP contribution in [0.5, 0.6) is 0 Å². The summed E-state index contributed by atoms with van der Waals surface area (Å²) in [5, 5.41) is 9.10. The standard InChI is InChI=1S/C15H18O3/c1-14(2,3)11-6-4-10(5-7-11)12(16)15(8-9-15)13(17)18/h4-7H,8-9H2,1-3H3,(H,17,18). The minimum Gasteiger partial charge on any atom is -0.480 e. The van der Waals surface area contributed by atoms with Crippen LogP contribution in [0.3, 0.4) is 0 Å². The lowest BCUT2D eigenvalue weighted by atomic mass is 9.85. The van der Waals surface area contributed by atoms with Crippen LogP contribution in [-0.2, 0) is 10.2 Å². The average Bonchev–Trinajstić information content (AvgIpc) is 3.08. The minimum absolute atomic E-state index is 0.0334. The number of carboxylic acid groups (broad SMARTS) is 1. The average molecular weight is 246 g/mol. The van der Waals surface area contributed by atoms with Crippen LogP contribution in [0, 0.1) is 5.41 Å². The fourth-order valence-electron chi connectivity index (χ4n) is 2.06. The van der Waals surface area contributed by atoms with Crippen molar-refractivity contribution in [3.8, 4) is 0 Å². The summed E-state index contributed by atoms with van der Waals surface area (Å²) in [5.41, 5.74) is 0.539. The Labute approximate surface area is 107 Å². The summed E-state index contributed by atoms with van der Waals surface area (Å²) in [7, 11) is 0. The Morgan fingerprint density at radius 1 is 1.11 bits per heavy atom. The van der Waals surface area contributed by atoms with Crippen molar-refractivity contribution in [1.29, 1.82) is 0 Å². The first-order valence-corrected chi connectivity index (χ1v) is 6.16. The lowest BCUT2D eigenvalue weighted by Crippen LogP contribution is -2.25. The van der Waals surface area contributed by atoms with Crippen molar-refractivity contribution in [2.24, 2.45) is 5.41 Å². The SMILES string of the molecule is CC(C)(C)c1ccc(C(=O)C2(C(=O)O)CC2)cc1. The van der Waals surface area contributed by atoms with Crippen LogP contribution in [0.2, 0.25) is 0 Å². The van der Waals surface area contributed by atoms with Crippen LogP contribution in [0.4, 0.5) is 0 Å². The molecule has 3 heteroatoms. The van der Waals surface area contributed by atoms with E-state index in [9.17, 15) is 9.59 Å². The molecule has 18 heavy (non-hydrogen) atoms. The molecule has 1 N–H and O–H groups in total. The van der Waals surface area contributed by atoms with Crippen molar-refractivity contribution in [2.75, 3.05) is 0 Å². The molecule has 0 aliphatic heterocycles. The van der Waals surface area contributed by atoms with Crippen molar-refractivity contribution in [1.82, 2.24) is 0 Å². The zero-order valence-electron chi connectivity index (χ0n) is 11.0. The second-order valence-corrected chi connectivity index (χ2v) is 6.04. The molecule has 1 aromatic rings. The number of carboxylic acids is 1. The molecule has 1 aliphatic carbocycles. The van der Waals surface area contributed by atoms with Gasteiger partial charge >= 0.3 is 5.97 Å². The monoisotopic (exact) mass is 246 g/mol. The molecular weight excluding hydrogens is 228 g/mol. The Bertz CT molecular complexity index is 487. The van der Waals surface area contributed by atoms with Gasteiger partial charge in [-0.2, -0.15) is 0 Å². The van der Waals surface area contributed by atoms with Crippen LogP contribution < -0.4 is 0 Å². The van der Waals surface area contributed by atoms with Crippen molar-refractivity contribution < 1.29 is 14.7 Å². The highest BCUT2D eigenvalue weighted by Crippen LogP contribution is 2.48. The third kappa shape index (κ3) is 2.05. The zero-order chi connectivity index (χ0) is 13.6. The Kier molecular flexibility index (Phi) is 2.80. The Balaban J connectivity index is 2.26. The second-order valence-electron chi connectivity index (χ2n) is 6.04. The zero-order valence-corrected chi connectivity index (χ0v) is 11.0. The Morgan fingerprint density at radius 2 is 1.61 bits per heavy atom. The van der Waals surface area contributed by atoms with E-state index in [0.717, 1.165) is 5.56 Å². The summed E-state index contributed by atoms with van der Waals surface area (Å²) < 4.78 is 0. The molecular formula is C15H18O3. The first-order chi connectivity index (χ1) is 8.27. The van der Waals surface area contributed by atoms with E-state index in [1.807, 2.05) is 12.1 Å². The minimum atomic E-state index is -1.14. The summed E-state index contributed by atoms with van der Waals surface area (Å²) >= 11 is 0. The molecule has 0 aromatic heterocycles. The summed E-state index contributed by atoms with van der Waals surface area (Å²) in [6, 6.07) is 7.30. The van der Waals surface area contributed by atoms with E-state index < -0.39 is 11.4 Å².